The van der Waals surface area contributed by atoms with Crippen LogP contribution in [0.2, 0.25) is 0 Å². The molecule has 2 aromatic heterocycles. The third-order valence-electron chi connectivity index (χ3n) is 4.01. The molecule has 0 saturated heterocycles. The van der Waals surface area contributed by atoms with Gasteiger partial charge in [0.05, 0.1) is 12.5 Å². The molecule has 0 unspecified atom stereocenters. The fourth-order valence-electron chi connectivity index (χ4n) is 2.56. The summed E-state index contributed by atoms with van der Waals surface area (Å²) in [5.74, 6) is 0.0108. The number of furan rings is 1. The Balaban J connectivity index is 1.66. The largest absolute Gasteiger partial charge is 0.472 e. The van der Waals surface area contributed by atoms with E-state index >= 15 is 0 Å². The van der Waals surface area contributed by atoms with Crippen LogP contribution in [0.4, 0.5) is 0 Å². The van der Waals surface area contributed by atoms with Gasteiger partial charge in [-0.2, -0.15) is 0 Å². The number of benzene rings is 1. The van der Waals surface area contributed by atoms with Crippen LogP contribution in [0, 0.1) is 0 Å². The van der Waals surface area contributed by atoms with E-state index in [-0.39, 0.29) is 5.91 Å². The summed E-state index contributed by atoms with van der Waals surface area (Å²) in [6.07, 6.45) is 9.77. The van der Waals surface area contributed by atoms with Crippen LogP contribution in [0.25, 0.3) is 6.08 Å². The Labute approximate surface area is 162 Å². The van der Waals surface area contributed by atoms with Crippen molar-refractivity contribution in [2.45, 2.75) is 17.9 Å². The molecule has 0 bridgehead atoms. The van der Waals surface area contributed by atoms with Crippen molar-refractivity contribution in [3.8, 4) is 0 Å². The van der Waals surface area contributed by atoms with Crippen molar-refractivity contribution in [2.24, 2.45) is 0 Å². The summed E-state index contributed by atoms with van der Waals surface area (Å²) in [7, 11) is 0. The van der Waals surface area contributed by atoms with Crippen molar-refractivity contribution >= 4 is 35.1 Å². The van der Waals surface area contributed by atoms with Gasteiger partial charge in [-0.1, -0.05) is 18.2 Å². The number of carbonyl (C=O) groups excluding carboxylic acids is 1. The van der Waals surface area contributed by atoms with Crippen LogP contribution in [0.5, 0.6) is 0 Å². The third kappa shape index (κ3) is 5.38. The standard InChI is InChI=1S/C21H21NO2S2/c1-25-19-7-4-17(5-8-19)6-9-21(23)22(15-18-11-13-24-16-18)12-10-20-3-2-14-26-20/h2-9,11,13-14,16H,10,12,15H2,1H3/b9-6+. The molecule has 134 valence electrons. The van der Waals surface area contributed by atoms with E-state index in [2.05, 4.69) is 29.8 Å². The first-order valence-electron chi connectivity index (χ1n) is 8.39. The average molecular weight is 384 g/mol. The highest BCUT2D eigenvalue weighted by Crippen LogP contribution is 2.16. The molecular formula is C21H21NO2S2. The first kappa shape index (κ1) is 18.5. The van der Waals surface area contributed by atoms with Crippen molar-refractivity contribution in [1.29, 1.82) is 0 Å². The van der Waals surface area contributed by atoms with Gasteiger partial charge in [-0.15, -0.1) is 23.1 Å². The minimum atomic E-state index is 0.0108. The number of nitrogens with zero attached hydrogens (tertiary/aromatic N) is 1. The monoisotopic (exact) mass is 383 g/mol. The molecule has 26 heavy (non-hydrogen) atoms. The highest BCUT2D eigenvalue weighted by molar-refractivity contribution is 7.98. The molecule has 0 aliphatic rings. The molecule has 2 heterocycles. The van der Waals surface area contributed by atoms with Crippen LogP contribution in [-0.2, 0) is 17.8 Å². The lowest BCUT2D eigenvalue weighted by atomic mass is 10.2. The molecule has 0 aliphatic heterocycles. The number of thiophene rings is 1. The Morgan fingerprint density at radius 2 is 2.08 bits per heavy atom. The number of thioether (sulfide) groups is 1. The van der Waals surface area contributed by atoms with Gasteiger partial charge in [0.15, 0.2) is 0 Å². The fourth-order valence-corrected chi connectivity index (χ4v) is 3.66. The summed E-state index contributed by atoms with van der Waals surface area (Å²) < 4.78 is 5.14. The van der Waals surface area contributed by atoms with E-state index in [9.17, 15) is 4.79 Å². The smallest absolute Gasteiger partial charge is 0.246 e. The molecular weight excluding hydrogens is 362 g/mol. The van der Waals surface area contributed by atoms with Gasteiger partial charge in [0.25, 0.3) is 0 Å². The Morgan fingerprint density at radius 1 is 1.23 bits per heavy atom. The van der Waals surface area contributed by atoms with Crippen molar-refractivity contribution in [3.63, 3.8) is 0 Å². The van der Waals surface area contributed by atoms with E-state index in [4.69, 9.17) is 4.42 Å². The van der Waals surface area contributed by atoms with E-state index in [1.165, 1.54) is 9.77 Å². The van der Waals surface area contributed by atoms with Crippen LogP contribution < -0.4 is 0 Å². The summed E-state index contributed by atoms with van der Waals surface area (Å²) in [5, 5.41) is 2.07. The minimum Gasteiger partial charge on any atom is -0.472 e. The van der Waals surface area contributed by atoms with Gasteiger partial charge >= 0.3 is 0 Å². The third-order valence-corrected chi connectivity index (χ3v) is 5.69. The van der Waals surface area contributed by atoms with Crippen molar-refractivity contribution < 1.29 is 9.21 Å². The maximum atomic E-state index is 12.7. The molecule has 5 heteroatoms. The average Bonchev–Trinajstić information content (AvgIpc) is 3.37. The second-order valence-electron chi connectivity index (χ2n) is 5.83. The predicted octanol–water partition coefficient (Wildman–Crippen LogP) is 5.35. The number of amides is 1. The summed E-state index contributed by atoms with van der Waals surface area (Å²) in [6, 6.07) is 14.2. The zero-order valence-corrected chi connectivity index (χ0v) is 16.3. The first-order valence-corrected chi connectivity index (χ1v) is 10.5. The quantitative estimate of drug-likeness (QED) is 0.388. The van der Waals surface area contributed by atoms with Gasteiger partial charge in [-0.25, -0.2) is 0 Å². The van der Waals surface area contributed by atoms with Gasteiger partial charge < -0.3 is 9.32 Å². The van der Waals surface area contributed by atoms with E-state index < -0.39 is 0 Å². The van der Waals surface area contributed by atoms with E-state index in [1.807, 2.05) is 35.2 Å². The maximum Gasteiger partial charge on any atom is 0.246 e. The van der Waals surface area contributed by atoms with Gasteiger partial charge in [-0.3, -0.25) is 4.79 Å². The van der Waals surface area contributed by atoms with E-state index in [0.29, 0.717) is 13.1 Å². The lowest BCUT2D eigenvalue weighted by molar-refractivity contribution is -0.126. The molecule has 3 nitrogen and oxygen atoms in total. The molecule has 0 saturated carbocycles. The van der Waals surface area contributed by atoms with Crippen LogP contribution >= 0.6 is 23.1 Å². The van der Waals surface area contributed by atoms with Gasteiger partial charge in [0.2, 0.25) is 5.91 Å². The SMILES string of the molecule is CSc1ccc(/C=C/C(=O)N(CCc2cccs2)Cc2ccoc2)cc1. The minimum absolute atomic E-state index is 0.0108. The Hall–Kier alpha value is -2.24. The zero-order valence-electron chi connectivity index (χ0n) is 14.6. The van der Waals surface area contributed by atoms with Crippen molar-refractivity contribution in [1.82, 2.24) is 4.90 Å². The van der Waals surface area contributed by atoms with Crippen LogP contribution in [0.3, 0.4) is 0 Å². The molecule has 3 rings (SSSR count). The summed E-state index contributed by atoms with van der Waals surface area (Å²) in [4.78, 5) is 17.1. The number of carbonyl (C=O) groups is 1. The fraction of sp³-hybridized carbons (Fsp3) is 0.190. The predicted molar refractivity (Wildman–Crippen MR) is 109 cm³/mol. The molecule has 3 aromatic rings. The number of hydrogen-bond donors (Lipinski definition) is 0. The van der Waals surface area contributed by atoms with Crippen LogP contribution in [-0.4, -0.2) is 23.6 Å². The highest BCUT2D eigenvalue weighted by atomic mass is 32.2. The van der Waals surface area contributed by atoms with Crippen LogP contribution in [0.15, 0.2) is 75.8 Å². The number of hydrogen-bond acceptors (Lipinski definition) is 4. The first-order chi connectivity index (χ1) is 12.7. The highest BCUT2D eigenvalue weighted by Gasteiger charge is 2.12. The van der Waals surface area contributed by atoms with Crippen molar-refractivity contribution in [2.75, 3.05) is 12.8 Å². The molecule has 1 aromatic carbocycles. The normalized spacial score (nSPS) is 11.1. The summed E-state index contributed by atoms with van der Waals surface area (Å²) in [6.45, 7) is 1.23. The Morgan fingerprint density at radius 3 is 2.73 bits per heavy atom. The Bertz CT molecular complexity index is 822. The summed E-state index contributed by atoms with van der Waals surface area (Å²) in [5.41, 5.74) is 2.03. The molecule has 0 aliphatic carbocycles. The van der Waals surface area contributed by atoms with Crippen LogP contribution in [0.1, 0.15) is 16.0 Å². The van der Waals surface area contributed by atoms with Gasteiger partial charge in [-0.05, 0) is 54.0 Å². The molecule has 0 radical (unpaired) electrons. The Kier molecular flexibility index (Phi) is 6.75. The summed E-state index contributed by atoms with van der Waals surface area (Å²) >= 11 is 3.43. The van der Waals surface area contributed by atoms with Crippen molar-refractivity contribution in [3.05, 3.63) is 82.5 Å². The van der Waals surface area contributed by atoms with Gasteiger partial charge in [0.1, 0.15) is 0 Å². The second-order valence-corrected chi connectivity index (χ2v) is 7.74. The molecule has 0 atom stereocenters. The zero-order chi connectivity index (χ0) is 18.2. The van der Waals surface area contributed by atoms with Gasteiger partial charge in [0, 0.05) is 34.5 Å². The maximum absolute atomic E-state index is 12.7. The lowest BCUT2D eigenvalue weighted by Crippen LogP contribution is -2.30. The molecule has 1 amide bonds. The van der Waals surface area contributed by atoms with E-state index in [1.54, 1.807) is 41.7 Å². The molecule has 0 spiro atoms. The molecule has 0 N–H and O–H groups in total. The topological polar surface area (TPSA) is 33.5 Å². The second kappa shape index (κ2) is 9.46. The molecule has 0 fully saturated rings. The van der Waals surface area contributed by atoms with E-state index in [0.717, 1.165) is 17.5 Å². The number of rotatable bonds is 8. The lowest BCUT2D eigenvalue weighted by Gasteiger charge is -2.20.